The Morgan fingerprint density at radius 2 is 2.04 bits per heavy atom. The summed E-state index contributed by atoms with van der Waals surface area (Å²) in [6, 6.07) is 11.2. The van der Waals surface area contributed by atoms with Gasteiger partial charge in [-0.05, 0) is 18.2 Å². The average Bonchev–Trinajstić information content (AvgIpc) is 3.00. The first-order valence-electron chi connectivity index (χ1n) is 7.45. The number of H-pyrrole nitrogens is 1. The van der Waals surface area contributed by atoms with Crippen molar-refractivity contribution in [1.82, 2.24) is 15.0 Å². The largest absolute Gasteiger partial charge is 0.417 e. The first-order chi connectivity index (χ1) is 12.5. The molecule has 132 valence electrons. The van der Waals surface area contributed by atoms with Crippen molar-refractivity contribution in [3.63, 3.8) is 0 Å². The van der Waals surface area contributed by atoms with Gasteiger partial charge in [0.05, 0.1) is 28.7 Å². The predicted octanol–water partition coefficient (Wildman–Crippen LogP) is 3.63. The van der Waals surface area contributed by atoms with Gasteiger partial charge in [0.25, 0.3) is 0 Å². The number of para-hydroxylation sites is 1. The Balaban J connectivity index is 1.83. The maximum atomic E-state index is 12.5. The molecule has 2 aromatic heterocycles. The molecule has 0 aliphatic rings. The second-order valence-corrected chi connectivity index (χ2v) is 5.72. The first kappa shape index (κ1) is 17.8. The number of fused-ring (bicyclic) bond motifs is 1. The van der Waals surface area contributed by atoms with Crippen LogP contribution in [0.25, 0.3) is 11.0 Å². The van der Waals surface area contributed by atoms with E-state index in [-0.39, 0.29) is 23.8 Å². The van der Waals surface area contributed by atoms with Crippen molar-refractivity contribution in [3.05, 3.63) is 52.9 Å². The molecule has 0 spiro atoms. The summed E-state index contributed by atoms with van der Waals surface area (Å²) in [5.74, 6) is -1.78. The van der Waals surface area contributed by atoms with Crippen LogP contribution in [0, 0.1) is 11.3 Å². The second kappa shape index (κ2) is 7.45. The molecule has 0 amide bonds. The lowest BCUT2D eigenvalue weighted by Crippen LogP contribution is -2.16. The van der Waals surface area contributed by atoms with Crippen LogP contribution in [0.5, 0.6) is 5.88 Å². The molecule has 1 atom stereocenters. The van der Waals surface area contributed by atoms with Crippen molar-refractivity contribution in [2.75, 3.05) is 0 Å². The molecule has 0 aliphatic carbocycles. The van der Waals surface area contributed by atoms with Crippen LogP contribution >= 0.6 is 11.6 Å². The van der Waals surface area contributed by atoms with Gasteiger partial charge in [-0.25, -0.2) is 9.97 Å². The van der Waals surface area contributed by atoms with Crippen LogP contribution in [0.15, 0.2) is 36.4 Å². The minimum absolute atomic E-state index is 0.167. The third kappa shape index (κ3) is 3.78. The van der Waals surface area contributed by atoms with Gasteiger partial charge in [-0.2, -0.15) is 14.0 Å². The van der Waals surface area contributed by atoms with Crippen molar-refractivity contribution < 1.29 is 18.3 Å². The molecule has 6 nitrogen and oxygen atoms in total. The number of nitriles is 1. The molecule has 26 heavy (non-hydrogen) atoms. The summed E-state index contributed by atoms with van der Waals surface area (Å²) in [5, 5.41) is 9.78. The third-order valence-electron chi connectivity index (χ3n) is 3.55. The van der Waals surface area contributed by atoms with Crippen LogP contribution in [0.4, 0.5) is 8.78 Å². The number of halogens is 3. The topological polar surface area (TPSA) is 91.7 Å². The molecule has 0 saturated carbocycles. The van der Waals surface area contributed by atoms with E-state index in [9.17, 15) is 18.8 Å². The molecular weight excluding hydrogens is 366 g/mol. The molecule has 1 unspecified atom stereocenters. The Labute approximate surface area is 151 Å². The standard InChI is InChI=1S/C17H11ClF2N4O2/c18-11-4-2-5-12-15(11)24-16(23-12)10(8-21)13(25)7-9-3-1-6-14(22-9)26-17(19)20/h1-6,10,17H,7H2,(H,23,24). The number of hydrogen-bond acceptors (Lipinski definition) is 5. The highest BCUT2D eigenvalue weighted by Gasteiger charge is 2.25. The highest BCUT2D eigenvalue weighted by Crippen LogP contribution is 2.25. The Kier molecular flexibility index (Phi) is 5.09. The normalized spacial score (nSPS) is 12.1. The van der Waals surface area contributed by atoms with E-state index in [1.54, 1.807) is 18.2 Å². The second-order valence-electron chi connectivity index (χ2n) is 5.31. The average molecular weight is 377 g/mol. The first-order valence-corrected chi connectivity index (χ1v) is 7.83. The van der Waals surface area contributed by atoms with Crippen molar-refractivity contribution in [3.8, 4) is 11.9 Å². The smallest absolute Gasteiger partial charge is 0.388 e. The van der Waals surface area contributed by atoms with Gasteiger partial charge in [0.15, 0.2) is 11.7 Å². The van der Waals surface area contributed by atoms with Gasteiger partial charge >= 0.3 is 6.61 Å². The van der Waals surface area contributed by atoms with E-state index in [4.69, 9.17) is 11.6 Å². The van der Waals surface area contributed by atoms with E-state index in [1.807, 2.05) is 6.07 Å². The fraction of sp³-hybridized carbons (Fsp3) is 0.176. The summed E-state index contributed by atoms with van der Waals surface area (Å²) >= 11 is 6.05. The quantitative estimate of drug-likeness (QED) is 0.709. The van der Waals surface area contributed by atoms with Gasteiger partial charge < -0.3 is 9.72 Å². The maximum Gasteiger partial charge on any atom is 0.388 e. The van der Waals surface area contributed by atoms with Crippen molar-refractivity contribution in [2.45, 2.75) is 19.0 Å². The molecule has 9 heteroatoms. The zero-order chi connectivity index (χ0) is 18.7. The summed E-state index contributed by atoms with van der Waals surface area (Å²) in [5.41, 5.74) is 1.27. The third-order valence-corrected chi connectivity index (χ3v) is 3.86. The highest BCUT2D eigenvalue weighted by molar-refractivity contribution is 6.34. The Morgan fingerprint density at radius 1 is 1.27 bits per heavy atom. The van der Waals surface area contributed by atoms with E-state index in [2.05, 4.69) is 19.7 Å². The van der Waals surface area contributed by atoms with Gasteiger partial charge in [-0.3, -0.25) is 4.79 Å². The van der Waals surface area contributed by atoms with E-state index < -0.39 is 18.3 Å². The van der Waals surface area contributed by atoms with Crippen LogP contribution in [-0.2, 0) is 11.2 Å². The number of ether oxygens (including phenoxy) is 1. The predicted molar refractivity (Wildman–Crippen MR) is 89.0 cm³/mol. The number of hydrogen-bond donors (Lipinski definition) is 1. The number of nitrogens with one attached hydrogen (secondary N) is 1. The van der Waals surface area contributed by atoms with Crippen LogP contribution < -0.4 is 4.74 Å². The van der Waals surface area contributed by atoms with E-state index in [0.717, 1.165) is 0 Å². The Hall–Kier alpha value is -3.05. The number of Topliss-reactive ketones (excluding diaryl/α,β-unsaturated/α-hetero) is 1. The van der Waals surface area contributed by atoms with Crippen molar-refractivity contribution in [2.24, 2.45) is 0 Å². The number of carbonyl (C=O) groups excluding carboxylic acids is 1. The van der Waals surface area contributed by atoms with Crippen LogP contribution in [0.2, 0.25) is 5.02 Å². The Bertz CT molecular complexity index is 1000. The molecule has 1 aromatic carbocycles. The molecule has 3 rings (SSSR count). The monoisotopic (exact) mass is 376 g/mol. The fourth-order valence-corrected chi connectivity index (χ4v) is 2.65. The molecule has 0 bridgehead atoms. The maximum absolute atomic E-state index is 12.5. The van der Waals surface area contributed by atoms with E-state index >= 15 is 0 Å². The number of alkyl halides is 2. The zero-order valence-electron chi connectivity index (χ0n) is 13.1. The SMILES string of the molecule is N#CC(C(=O)Cc1cccc(OC(F)F)n1)c1nc2c(Cl)cccc2[nH]1. The van der Waals surface area contributed by atoms with Gasteiger partial charge in [-0.15, -0.1) is 0 Å². The van der Waals surface area contributed by atoms with Crippen LogP contribution in [0.1, 0.15) is 17.4 Å². The number of nitrogens with zero attached hydrogens (tertiary/aromatic N) is 3. The van der Waals surface area contributed by atoms with E-state index in [0.29, 0.717) is 16.1 Å². The minimum atomic E-state index is -3.01. The molecule has 2 heterocycles. The zero-order valence-corrected chi connectivity index (χ0v) is 13.9. The summed E-state index contributed by atoms with van der Waals surface area (Å²) in [6.45, 7) is -3.01. The van der Waals surface area contributed by atoms with Gasteiger partial charge in [0.1, 0.15) is 11.3 Å². The van der Waals surface area contributed by atoms with Crippen molar-refractivity contribution >= 4 is 28.4 Å². The molecule has 0 fully saturated rings. The highest BCUT2D eigenvalue weighted by atomic mass is 35.5. The Morgan fingerprint density at radius 3 is 2.73 bits per heavy atom. The molecule has 3 aromatic rings. The summed E-state index contributed by atoms with van der Waals surface area (Å²) in [6.07, 6.45) is -0.233. The number of aromatic nitrogens is 3. The van der Waals surface area contributed by atoms with Gasteiger partial charge in [0.2, 0.25) is 5.88 Å². The van der Waals surface area contributed by atoms with E-state index in [1.165, 1.54) is 18.2 Å². The van der Waals surface area contributed by atoms with Gasteiger partial charge in [-0.1, -0.05) is 23.7 Å². The van der Waals surface area contributed by atoms with Crippen molar-refractivity contribution in [1.29, 1.82) is 5.26 Å². The molecule has 0 saturated heterocycles. The number of aromatic amines is 1. The molecule has 0 aliphatic heterocycles. The number of ketones is 1. The molecular formula is C17H11ClF2N4O2. The van der Waals surface area contributed by atoms with Gasteiger partial charge in [0, 0.05) is 6.07 Å². The summed E-state index contributed by atoms with van der Waals surface area (Å²) in [4.78, 5) is 23.5. The van der Waals surface area contributed by atoms with Crippen LogP contribution in [0.3, 0.4) is 0 Å². The lowest BCUT2D eigenvalue weighted by Gasteiger charge is -2.07. The van der Waals surface area contributed by atoms with Crippen LogP contribution in [-0.4, -0.2) is 27.3 Å². The minimum Gasteiger partial charge on any atom is -0.417 e. The molecule has 1 N–H and O–H groups in total. The molecule has 0 radical (unpaired) electrons. The number of rotatable bonds is 6. The number of pyridine rings is 1. The fourth-order valence-electron chi connectivity index (χ4n) is 2.43. The lowest BCUT2D eigenvalue weighted by atomic mass is 10.0. The number of imidazole rings is 1. The lowest BCUT2D eigenvalue weighted by molar-refractivity contribution is -0.118. The number of benzene rings is 1. The number of carbonyl (C=O) groups is 1. The summed E-state index contributed by atoms with van der Waals surface area (Å²) in [7, 11) is 0. The summed E-state index contributed by atoms with van der Waals surface area (Å²) < 4.78 is 28.7.